The third kappa shape index (κ3) is 12.4. The molecule has 0 bridgehead atoms. The van der Waals surface area contributed by atoms with Crippen molar-refractivity contribution in [3.05, 3.63) is 0 Å². The largest absolute Gasteiger partial charge is 0.314 e. The molecule has 0 heterocycles. The van der Waals surface area contributed by atoms with Crippen LogP contribution in [0.3, 0.4) is 0 Å². The summed E-state index contributed by atoms with van der Waals surface area (Å²) in [4.78, 5) is 0. The van der Waals surface area contributed by atoms with Crippen molar-refractivity contribution in [1.29, 1.82) is 0 Å². The van der Waals surface area contributed by atoms with Crippen molar-refractivity contribution in [3.63, 3.8) is 0 Å². The van der Waals surface area contributed by atoms with Gasteiger partial charge in [-0.2, -0.15) is 0 Å². The standard InChI is InChI=1S/C16H36N2/c1-13(2)11-15(5)17-9-7-8-10-18-16(6)12-14(3)4/h13-18H,7-12H2,1-6H3. The van der Waals surface area contributed by atoms with Crippen LogP contribution in [0.15, 0.2) is 0 Å². The molecule has 0 aliphatic rings. The molecule has 0 radical (unpaired) electrons. The fourth-order valence-electron chi connectivity index (χ4n) is 2.53. The van der Waals surface area contributed by atoms with Crippen molar-refractivity contribution >= 4 is 0 Å². The van der Waals surface area contributed by atoms with Gasteiger partial charge in [0.05, 0.1) is 0 Å². The minimum absolute atomic E-state index is 0.665. The molecule has 2 N–H and O–H groups in total. The van der Waals surface area contributed by atoms with Crippen LogP contribution in [0.1, 0.15) is 67.2 Å². The molecular weight excluding hydrogens is 220 g/mol. The lowest BCUT2D eigenvalue weighted by atomic mass is 10.0. The number of hydrogen-bond acceptors (Lipinski definition) is 2. The van der Waals surface area contributed by atoms with Gasteiger partial charge >= 0.3 is 0 Å². The van der Waals surface area contributed by atoms with Gasteiger partial charge in [0.15, 0.2) is 0 Å². The summed E-state index contributed by atoms with van der Waals surface area (Å²) >= 11 is 0. The summed E-state index contributed by atoms with van der Waals surface area (Å²) in [7, 11) is 0. The van der Waals surface area contributed by atoms with E-state index in [1.54, 1.807) is 0 Å². The molecule has 2 unspecified atom stereocenters. The highest BCUT2D eigenvalue weighted by atomic mass is 14.9. The lowest BCUT2D eigenvalue weighted by Gasteiger charge is -2.17. The Morgan fingerprint density at radius 2 is 0.944 bits per heavy atom. The molecule has 0 saturated heterocycles. The Hall–Kier alpha value is -0.0800. The molecule has 0 aliphatic heterocycles. The van der Waals surface area contributed by atoms with Gasteiger partial charge in [-0.3, -0.25) is 0 Å². The average molecular weight is 256 g/mol. The molecular formula is C16H36N2. The molecule has 2 atom stereocenters. The molecule has 0 rings (SSSR count). The quantitative estimate of drug-likeness (QED) is 0.549. The van der Waals surface area contributed by atoms with Crippen LogP contribution < -0.4 is 10.6 Å². The first kappa shape index (κ1) is 17.9. The topological polar surface area (TPSA) is 24.1 Å². The van der Waals surface area contributed by atoms with E-state index in [-0.39, 0.29) is 0 Å². The first-order valence-corrected chi connectivity index (χ1v) is 7.88. The van der Waals surface area contributed by atoms with E-state index in [4.69, 9.17) is 0 Å². The van der Waals surface area contributed by atoms with Gasteiger partial charge in [-0.25, -0.2) is 0 Å². The Kier molecular flexibility index (Phi) is 10.8. The second kappa shape index (κ2) is 10.8. The van der Waals surface area contributed by atoms with Crippen LogP contribution in [-0.2, 0) is 0 Å². The van der Waals surface area contributed by atoms with Gasteiger partial charge < -0.3 is 10.6 Å². The highest BCUT2D eigenvalue weighted by molar-refractivity contribution is 4.65. The minimum Gasteiger partial charge on any atom is -0.314 e. The summed E-state index contributed by atoms with van der Waals surface area (Å²) in [5.41, 5.74) is 0. The summed E-state index contributed by atoms with van der Waals surface area (Å²) < 4.78 is 0. The van der Waals surface area contributed by atoms with Crippen molar-refractivity contribution in [3.8, 4) is 0 Å². The summed E-state index contributed by atoms with van der Waals surface area (Å²) in [6, 6.07) is 1.33. The normalized spacial score (nSPS) is 15.3. The molecule has 0 aliphatic carbocycles. The van der Waals surface area contributed by atoms with E-state index in [2.05, 4.69) is 52.2 Å². The van der Waals surface area contributed by atoms with Crippen LogP contribution in [0.5, 0.6) is 0 Å². The fourth-order valence-corrected chi connectivity index (χ4v) is 2.53. The van der Waals surface area contributed by atoms with Crippen molar-refractivity contribution in [2.45, 2.75) is 79.3 Å². The van der Waals surface area contributed by atoms with Crippen molar-refractivity contribution < 1.29 is 0 Å². The van der Waals surface area contributed by atoms with E-state index in [0.29, 0.717) is 12.1 Å². The lowest BCUT2D eigenvalue weighted by molar-refractivity contribution is 0.419. The summed E-state index contributed by atoms with van der Waals surface area (Å²) in [5.74, 6) is 1.59. The third-order valence-corrected chi connectivity index (χ3v) is 3.24. The Bertz CT molecular complexity index is 158. The maximum Gasteiger partial charge on any atom is 0.00411 e. The van der Waals surface area contributed by atoms with Crippen LogP contribution in [0.25, 0.3) is 0 Å². The predicted octanol–water partition coefficient (Wildman–Crippen LogP) is 3.82. The van der Waals surface area contributed by atoms with Crippen molar-refractivity contribution in [2.75, 3.05) is 13.1 Å². The first-order chi connectivity index (χ1) is 8.41. The zero-order valence-electron chi connectivity index (χ0n) is 13.6. The summed E-state index contributed by atoms with van der Waals surface area (Å²) in [5, 5.41) is 7.21. The van der Waals surface area contributed by atoms with Crippen LogP contribution in [-0.4, -0.2) is 25.2 Å². The lowest BCUT2D eigenvalue weighted by Crippen LogP contribution is -2.30. The number of nitrogens with one attached hydrogen (secondary N) is 2. The Balaban J connectivity index is 3.30. The van der Waals surface area contributed by atoms with Crippen LogP contribution in [0.4, 0.5) is 0 Å². The first-order valence-electron chi connectivity index (χ1n) is 7.88. The molecule has 2 heteroatoms. The van der Waals surface area contributed by atoms with Gasteiger partial charge in [0.1, 0.15) is 0 Å². The third-order valence-electron chi connectivity index (χ3n) is 3.24. The molecule has 2 nitrogen and oxygen atoms in total. The van der Waals surface area contributed by atoms with Crippen molar-refractivity contribution in [2.24, 2.45) is 11.8 Å². The maximum atomic E-state index is 3.61. The zero-order valence-corrected chi connectivity index (χ0v) is 13.6. The highest BCUT2D eigenvalue weighted by Gasteiger charge is 2.04. The monoisotopic (exact) mass is 256 g/mol. The van der Waals surface area contributed by atoms with E-state index in [1.165, 1.54) is 25.7 Å². The van der Waals surface area contributed by atoms with Crippen LogP contribution in [0.2, 0.25) is 0 Å². The van der Waals surface area contributed by atoms with Crippen LogP contribution in [0, 0.1) is 11.8 Å². The van der Waals surface area contributed by atoms with E-state index in [9.17, 15) is 0 Å². The molecule has 110 valence electrons. The zero-order chi connectivity index (χ0) is 14.0. The molecule has 0 aromatic carbocycles. The molecule has 0 saturated carbocycles. The average Bonchev–Trinajstić information content (AvgIpc) is 2.20. The molecule has 0 fully saturated rings. The SMILES string of the molecule is CC(C)CC(C)NCCCCNC(C)CC(C)C. The number of hydrogen-bond donors (Lipinski definition) is 2. The van der Waals surface area contributed by atoms with Crippen molar-refractivity contribution in [1.82, 2.24) is 10.6 Å². The van der Waals surface area contributed by atoms with Gasteiger partial charge in [0.25, 0.3) is 0 Å². The summed E-state index contributed by atoms with van der Waals surface area (Å²) in [6.07, 6.45) is 5.13. The fraction of sp³-hybridized carbons (Fsp3) is 1.00. The molecule has 0 amide bonds. The molecule has 0 aromatic rings. The smallest absolute Gasteiger partial charge is 0.00411 e. The Morgan fingerprint density at radius 1 is 0.611 bits per heavy atom. The number of rotatable bonds is 11. The van der Waals surface area contributed by atoms with E-state index >= 15 is 0 Å². The Morgan fingerprint density at radius 3 is 1.22 bits per heavy atom. The van der Waals surface area contributed by atoms with Gasteiger partial charge in [0, 0.05) is 12.1 Å². The van der Waals surface area contributed by atoms with E-state index in [0.717, 1.165) is 24.9 Å². The van der Waals surface area contributed by atoms with Gasteiger partial charge in [-0.05, 0) is 64.5 Å². The number of unbranched alkanes of at least 4 members (excludes halogenated alkanes) is 1. The van der Waals surface area contributed by atoms with E-state index in [1.807, 2.05) is 0 Å². The van der Waals surface area contributed by atoms with Gasteiger partial charge in [-0.1, -0.05) is 27.7 Å². The molecule has 0 spiro atoms. The predicted molar refractivity (Wildman–Crippen MR) is 83.1 cm³/mol. The second-order valence-corrected chi connectivity index (χ2v) is 6.68. The van der Waals surface area contributed by atoms with E-state index < -0.39 is 0 Å². The van der Waals surface area contributed by atoms with Crippen LogP contribution >= 0.6 is 0 Å². The highest BCUT2D eigenvalue weighted by Crippen LogP contribution is 2.04. The minimum atomic E-state index is 0.665. The summed E-state index contributed by atoms with van der Waals surface area (Å²) in [6.45, 7) is 16.1. The van der Waals surface area contributed by atoms with Gasteiger partial charge in [-0.15, -0.1) is 0 Å². The maximum absolute atomic E-state index is 3.61. The second-order valence-electron chi connectivity index (χ2n) is 6.68. The molecule has 0 aromatic heterocycles. The molecule has 18 heavy (non-hydrogen) atoms. The van der Waals surface area contributed by atoms with Gasteiger partial charge in [0.2, 0.25) is 0 Å². The Labute approximate surface area is 115 Å².